The van der Waals surface area contributed by atoms with Gasteiger partial charge in [0.05, 0.1) is 6.42 Å². The van der Waals surface area contributed by atoms with Crippen molar-refractivity contribution in [1.29, 1.82) is 0 Å². The monoisotopic (exact) mass is 351 g/mol. The minimum atomic E-state index is -1.75. The zero-order valence-corrected chi connectivity index (χ0v) is 14.5. The third-order valence-corrected chi connectivity index (χ3v) is 4.50. The Kier molecular flexibility index (Phi) is 7.51. The fourth-order valence-corrected chi connectivity index (χ4v) is 3.09. The first kappa shape index (κ1) is 19.8. The van der Waals surface area contributed by atoms with E-state index in [2.05, 4.69) is 0 Å². The third kappa shape index (κ3) is 4.86. The van der Waals surface area contributed by atoms with Crippen LogP contribution in [-0.2, 0) is 14.4 Å². The largest absolute Gasteiger partial charge is 0.481 e. The zero-order valence-electron chi connectivity index (χ0n) is 13.6. The van der Waals surface area contributed by atoms with E-state index in [-0.39, 0.29) is 13.0 Å². The molecule has 0 radical (unpaired) electrons. The van der Waals surface area contributed by atoms with E-state index >= 15 is 0 Å². The van der Waals surface area contributed by atoms with Gasteiger partial charge in [-0.1, -0.05) is 36.9 Å². The average molecular weight is 351 g/mol. The Bertz CT molecular complexity index is 617. The molecule has 0 aliphatic heterocycles. The molecule has 6 nitrogen and oxygen atoms in total. The summed E-state index contributed by atoms with van der Waals surface area (Å²) in [5.41, 5.74) is -1.75. The van der Waals surface area contributed by atoms with Gasteiger partial charge in [0.25, 0.3) is 0 Å². The summed E-state index contributed by atoms with van der Waals surface area (Å²) in [6.45, 7) is 3.30. The molecule has 1 rings (SSSR count). The number of carbonyl (C=O) groups is 3. The van der Waals surface area contributed by atoms with Crippen LogP contribution in [-0.4, -0.2) is 45.0 Å². The highest BCUT2D eigenvalue weighted by molar-refractivity contribution is 8.02. The van der Waals surface area contributed by atoms with Crippen LogP contribution in [0.1, 0.15) is 26.7 Å². The number of benzene rings is 1. The second-order valence-corrected chi connectivity index (χ2v) is 6.06. The molecule has 0 aliphatic rings. The normalized spacial score (nSPS) is 13.4. The van der Waals surface area contributed by atoms with Crippen LogP contribution in [0.25, 0.3) is 0 Å². The maximum atomic E-state index is 12.4. The molecule has 0 aliphatic carbocycles. The van der Waals surface area contributed by atoms with Crippen LogP contribution in [0, 0.1) is 0 Å². The Morgan fingerprint density at radius 2 is 1.79 bits per heavy atom. The number of hydrogen-bond acceptors (Lipinski definition) is 4. The van der Waals surface area contributed by atoms with Crippen LogP contribution in [0.5, 0.6) is 0 Å². The maximum Gasteiger partial charge on any atom is 0.330 e. The Hall–Kier alpha value is -2.28. The van der Waals surface area contributed by atoms with Gasteiger partial charge in [0, 0.05) is 17.5 Å². The SMILES string of the molecule is CCN(C(=O)C=CSc1ccccc1)[C@@](CC)(CC(=O)O)C(=O)O. The van der Waals surface area contributed by atoms with E-state index in [1.165, 1.54) is 17.8 Å². The first-order valence-electron chi connectivity index (χ1n) is 7.52. The number of thioether (sulfide) groups is 1. The summed E-state index contributed by atoms with van der Waals surface area (Å²) >= 11 is 1.33. The van der Waals surface area contributed by atoms with E-state index in [1.807, 2.05) is 30.3 Å². The van der Waals surface area contributed by atoms with Crippen LogP contribution in [0.2, 0.25) is 0 Å². The standard InChI is InChI=1S/C17H21NO5S/c1-3-17(16(22)23,12-15(20)21)18(4-2)14(19)10-11-24-13-8-6-5-7-9-13/h5-11H,3-4,12H2,1-2H3,(H,20,21)(H,22,23)/t17-/m0/s1. The van der Waals surface area contributed by atoms with Crippen molar-refractivity contribution in [3.63, 3.8) is 0 Å². The van der Waals surface area contributed by atoms with E-state index in [0.717, 1.165) is 9.80 Å². The molecule has 1 aromatic carbocycles. The molecular formula is C17H21NO5S. The summed E-state index contributed by atoms with van der Waals surface area (Å²) in [4.78, 5) is 37.3. The van der Waals surface area contributed by atoms with E-state index in [4.69, 9.17) is 5.11 Å². The number of aliphatic carboxylic acids is 2. The third-order valence-electron chi connectivity index (χ3n) is 3.68. The number of amides is 1. The van der Waals surface area contributed by atoms with Gasteiger partial charge in [0.1, 0.15) is 0 Å². The van der Waals surface area contributed by atoms with E-state index < -0.39 is 29.8 Å². The summed E-state index contributed by atoms with van der Waals surface area (Å²) in [5, 5.41) is 20.2. The van der Waals surface area contributed by atoms with Crippen molar-refractivity contribution in [2.45, 2.75) is 37.1 Å². The van der Waals surface area contributed by atoms with Crippen molar-refractivity contribution >= 4 is 29.6 Å². The van der Waals surface area contributed by atoms with Gasteiger partial charge in [0.15, 0.2) is 5.54 Å². The van der Waals surface area contributed by atoms with Crippen LogP contribution in [0.15, 0.2) is 46.7 Å². The van der Waals surface area contributed by atoms with Crippen molar-refractivity contribution in [2.24, 2.45) is 0 Å². The fraction of sp³-hybridized carbons (Fsp3) is 0.353. The summed E-state index contributed by atoms with van der Waals surface area (Å²) in [6.07, 6.45) is 0.641. The summed E-state index contributed by atoms with van der Waals surface area (Å²) in [5.74, 6) is -3.09. The van der Waals surface area contributed by atoms with Crippen LogP contribution >= 0.6 is 11.8 Å². The highest BCUT2D eigenvalue weighted by Gasteiger charge is 2.45. The highest BCUT2D eigenvalue weighted by atomic mass is 32.2. The van der Waals surface area contributed by atoms with Crippen molar-refractivity contribution in [3.05, 3.63) is 41.8 Å². The zero-order chi connectivity index (χ0) is 18.2. The van der Waals surface area contributed by atoms with Gasteiger partial charge in [-0.2, -0.15) is 0 Å². The van der Waals surface area contributed by atoms with Crippen LogP contribution < -0.4 is 0 Å². The first-order valence-corrected chi connectivity index (χ1v) is 8.40. The predicted molar refractivity (Wildman–Crippen MR) is 91.7 cm³/mol. The molecule has 130 valence electrons. The molecule has 0 heterocycles. The molecule has 2 N–H and O–H groups in total. The Morgan fingerprint density at radius 3 is 2.25 bits per heavy atom. The van der Waals surface area contributed by atoms with Crippen molar-refractivity contribution < 1.29 is 24.6 Å². The van der Waals surface area contributed by atoms with Crippen LogP contribution in [0.4, 0.5) is 0 Å². The van der Waals surface area contributed by atoms with E-state index in [1.54, 1.807) is 19.3 Å². The van der Waals surface area contributed by atoms with E-state index in [0.29, 0.717) is 0 Å². The molecule has 0 bridgehead atoms. The number of likely N-dealkylation sites (N-methyl/N-ethyl adjacent to an activating group) is 1. The highest BCUT2D eigenvalue weighted by Crippen LogP contribution is 2.26. The van der Waals surface area contributed by atoms with E-state index in [9.17, 15) is 19.5 Å². The Morgan fingerprint density at radius 1 is 1.17 bits per heavy atom. The number of carboxylic acids is 2. The minimum absolute atomic E-state index is 0.00782. The Labute approximate surface area is 145 Å². The van der Waals surface area contributed by atoms with Gasteiger partial charge < -0.3 is 15.1 Å². The summed E-state index contributed by atoms with van der Waals surface area (Å²) in [7, 11) is 0. The molecule has 1 aromatic rings. The molecule has 1 amide bonds. The molecule has 24 heavy (non-hydrogen) atoms. The van der Waals surface area contributed by atoms with Gasteiger partial charge in [-0.05, 0) is 30.9 Å². The minimum Gasteiger partial charge on any atom is -0.481 e. The van der Waals surface area contributed by atoms with Gasteiger partial charge in [0.2, 0.25) is 5.91 Å². The average Bonchev–Trinajstić information content (AvgIpc) is 2.54. The summed E-state index contributed by atoms with van der Waals surface area (Å²) in [6, 6.07) is 9.39. The molecule has 7 heteroatoms. The molecule has 0 saturated carbocycles. The smallest absolute Gasteiger partial charge is 0.330 e. The lowest BCUT2D eigenvalue weighted by Crippen LogP contribution is -2.57. The fourth-order valence-electron chi connectivity index (χ4n) is 2.43. The molecular weight excluding hydrogens is 330 g/mol. The molecule has 1 atom stereocenters. The van der Waals surface area contributed by atoms with Gasteiger partial charge in [-0.15, -0.1) is 0 Å². The number of carboxylic acid groups (broad SMARTS) is 2. The number of carbonyl (C=O) groups excluding carboxylic acids is 1. The van der Waals surface area contributed by atoms with Gasteiger partial charge in [-0.25, -0.2) is 4.79 Å². The maximum absolute atomic E-state index is 12.4. The molecule has 0 unspecified atom stereocenters. The quantitative estimate of drug-likeness (QED) is 0.525. The molecule has 0 spiro atoms. The van der Waals surface area contributed by atoms with Crippen molar-refractivity contribution in [3.8, 4) is 0 Å². The number of hydrogen-bond donors (Lipinski definition) is 2. The second kappa shape index (κ2) is 9.12. The summed E-state index contributed by atoms with van der Waals surface area (Å²) < 4.78 is 0. The van der Waals surface area contributed by atoms with Crippen molar-refractivity contribution in [1.82, 2.24) is 4.90 Å². The first-order chi connectivity index (χ1) is 11.4. The lowest BCUT2D eigenvalue weighted by molar-refractivity contribution is -0.163. The topological polar surface area (TPSA) is 94.9 Å². The van der Waals surface area contributed by atoms with Gasteiger partial charge in [-0.3, -0.25) is 9.59 Å². The van der Waals surface area contributed by atoms with Gasteiger partial charge >= 0.3 is 11.9 Å². The number of rotatable bonds is 9. The lowest BCUT2D eigenvalue weighted by atomic mass is 9.89. The lowest BCUT2D eigenvalue weighted by Gasteiger charge is -2.38. The Balaban J connectivity index is 2.97. The molecule has 0 fully saturated rings. The number of nitrogens with zero attached hydrogens (tertiary/aromatic N) is 1. The second-order valence-electron chi connectivity index (χ2n) is 5.08. The van der Waals surface area contributed by atoms with Crippen LogP contribution in [0.3, 0.4) is 0 Å². The molecule has 0 saturated heterocycles. The molecule has 0 aromatic heterocycles. The predicted octanol–water partition coefficient (Wildman–Crippen LogP) is 2.85. The van der Waals surface area contributed by atoms with Crippen molar-refractivity contribution in [2.75, 3.05) is 6.54 Å².